The molecule has 0 aromatic heterocycles. The summed E-state index contributed by atoms with van der Waals surface area (Å²) in [6.45, 7) is 6.62. The predicted octanol–water partition coefficient (Wildman–Crippen LogP) is 2.60. The van der Waals surface area contributed by atoms with Gasteiger partial charge in [0.2, 0.25) is 10.0 Å². The summed E-state index contributed by atoms with van der Waals surface area (Å²) in [7, 11) is -3.40. The van der Waals surface area contributed by atoms with E-state index in [1.54, 1.807) is 22.1 Å². The van der Waals surface area contributed by atoms with E-state index in [1.165, 1.54) is 0 Å². The van der Waals surface area contributed by atoms with Gasteiger partial charge >= 0.3 is 0 Å². The number of thioether (sulfide) groups is 1. The molecule has 1 aromatic carbocycles. The minimum Gasteiger partial charge on any atom is -0.313 e. The predicted molar refractivity (Wildman–Crippen MR) is 92.3 cm³/mol. The fraction of sp³-hybridized carbons (Fsp3) is 0.571. The second-order valence-electron chi connectivity index (χ2n) is 5.00. The highest BCUT2D eigenvalue weighted by molar-refractivity contribution is 9.10. The summed E-state index contributed by atoms with van der Waals surface area (Å²) in [5, 5.41) is 3.24. The highest BCUT2D eigenvalue weighted by Crippen LogP contribution is 2.29. The van der Waals surface area contributed by atoms with Crippen LogP contribution in [0.15, 0.2) is 21.5 Å². The number of benzene rings is 1. The van der Waals surface area contributed by atoms with Gasteiger partial charge in [-0.1, -0.05) is 22.9 Å². The van der Waals surface area contributed by atoms with Gasteiger partial charge in [-0.25, -0.2) is 8.42 Å². The molecule has 1 aliphatic rings. The molecule has 0 unspecified atom stereocenters. The number of nitrogens with one attached hydrogen (secondary N) is 1. The second kappa shape index (κ2) is 7.46. The number of halogens is 1. The largest absolute Gasteiger partial charge is 0.313 e. The first-order chi connectivity index (χ1) is 9.96. The summed E-state index contributed by atoms with van der Waals surface area (Å²) < 4.78 is 28.2. The van der Waals surface area contributed by atoms with Crippen molar-refractivity contribution < 1.29 is 8.42 Å². The van der Waals surface area contributed by atoms with E-state index < -0.39 is 10.0 Å². The van der Waals surface area contributed by atoms with Crippen molar-refractivity contribution >= 4 is 37.7 Å². The van der Waals surface area contributed by atoms with E-state index in [2.05, 4.69) is 21.2 Å². The molecule has 7 heteroatoms. The molecule has 1 fully saturated rings. The van der Waals surface area contributed by atoms with E-state index in [-0.39, 0.29) is 0 Å². The highest BCUT2D eigenvalue weighted by Gasteiger charge is 2.28. The third-order valence-electron chi connectivity index (χ3n) is 3.52. The molecule has 118 valence electrons. The van der Waals surface area contributed by atoms with Crippen molar-refractivity contribution in [3.63, 3.8) is 0 Å². The third kappa shape index (κ3) is 4.01. The quantitative estimate of drug-likeness (QED) is 0.836. The average Bonchev–Trinajstić information content (AvgIpc) is 2.49. The van der Waals surface area contributed by atoms with Crippen molar-refractivity contribution in [3.8, 4) is 0 Å². The summed E-state index contributed by atoms with van der Waals surface area (Å²) in [6.07, 6.45) is 0. The zero-order chi connectivity index (χ0) is 15.5. The lowest BCUT2D eigenvalue weighted by molar-refractivity contribution is 0.443. The van der Waals surface area contributed by atoms with Crippen molar-refractivity contribution in [2.24, 2.45) is 0 Å². The molecule has 1 saturated heterocycles. The van der Waals surface area contributed by atoms with Gasteiger partial charge in [0.05, 0.1) is 4.90 Å². The van der Waals surface area contributed by atoms with E-state index in [9.17, 15) is 8.42 Å². The monoisotopic (exact) mass is 392 g/mol. The zero-order valence-electron chi connectivity index (χ0n) is 12.4. The van der Waals surface area contributed by atoms with Gasteiger partial charge in [0.1, 0.15) is 0 Å². The summed E-state index contributed by atoms with van der Waals surface area (Å²) in [6, 6.07) is 3.79. The highest BCUT2D eigenvalue weighted by atomic mass is 79.9. The Labute approximate surface area is 139 Å². The normalized spacial score (nSPS) is 17.1. The maximum absolute atomic E-state index is 12.9. The second-order valence-corrected chi connectivity index (χ2v) is 8.98. The molecule has 1 aliphatic heterocycles. The number of hydrogen-bond donors (Lipinski definition) is 1. The van der Waals surface area contributed by atoms with Crippen LogP contribution >= 0.6 is 27.7 Å². The van der Waals surface area contributed by atoms with Crippen LogP contribution in [-0.2, 0) is 16.6 Å². The standard InChI is InChI=1S/C14H21BrN2O2S2/c1-3-16-10-12-8-13(15)11(2)14(9-12)21(18,19)17-4-6-20-7-5-17/h8-9,16H,3-7,10H2,1-2H3. The van der Waals surface area contributed by atoms with Crippen LogP contribution in [0.5, 0.6) is 0 Å². The lowest BCUT2D eigenvalue weighted by Crippen LogP contribution is -2.38. The maximum Gasteiger partial charge on any atom is 0.243 e. The van der Waals surface area contributed by atoms with Crippen molar-refractivity contribution in [1.29, 1.82) is 0 Å². The fourth-order valence-corrected chi connectivity index (χ4v) is 5.78. The first-order valence-corrected chi connectivity index (χ1v) is 10.4. The Morgan fingerprint density at radius 3 is 2.62 bits per heavy atom. The maximum atomic E-state index is 12.9. The first kappa shape index (κ1) is 17.3. The van der Waals surface area contributed by atoms with Crippen molar-refractivity contribution in [1.82, 2.24) is 9.62 Å². The van der Waals surface area contributed by atoms with E-state index in [0.29, 0.717) is 24.5 Å². The number of rotatable bonds is 5. The smallest absolute Gasteiger partial charge is 0.243 e. The molecule has 0 aliphatic carbocycles. The van der Waals surface area contributed by atoms with Crippen LogP contribution in [0.25, 0.3) is 0 Å². The molecule has 0 bridgehead atoms. The van der Waals surface area contributed by atoms with Crippen molar-refractivity contribution in [2.75, 3.05) is 31.1 Å². The van der Waals surface area contributed by atoms with Crippen LogP contribution in [0.3, 0.4) is 0 Å². The summed E-state index contributed by atoms with van der Waals surface area (Å²) in [4.78, 5) is 0.427. The van der Waals surface area contributed by atoms with Gasteiger partial charge in [-0.2, -0.15) is 16.1 Å². The Bertz CT molecular complexity index is 599. The van der Waals surface area contributed by atoms with Gasteiger partial charge in [-0.05, 0) is 36.7 Å². The number of nitrogens with zero attached hydrogens (tertiary/aromatic N) is 1. The Kier molecular flexibility index (Phi) is 6.14. The van der Waals surface area contributed by atoms with Gasteiger partial charge in [0.15, 0.2) is 0 Å². The van der Waals surface area contributed by atoms with Gasteiger partial charge in [0.25, 0.3) is 0 Å². The molecule has 0 saturated carbocycles. The molecule has 1 heterocycles. The van der Waals surface area contributed by atoms with Crippen LogP contribution in [-0.4, -0.2) is 43.9 Å². The molecular formula is C14H21BrN2O2S2. The third-order valence-corrected chi connectivity index (χ3v) is 7.31. The average molecular weight is 393 g/mol. The van der Waals surface area contributed by atoms with Crippen LogP contribution in [0.2, 0.25) is 0 Å². The minimum absolute atomic E-state index is 0.427. The molecule has 1 N–H and O–H groups in total. The van der Waals surface area contributed by atoms with Crippen molar-refractivity contribution in [3.05, 3.63) is 27.7 Å². The lowest BCUT2D eigenvalue weighted by Gasteiger charge is -2.26. The molecular weight excluding hydrogens is 372 g/mol. The minimum atomic E-state index is -3.40. The molecule has 0 spiro atoms. The molecule has 1 aromatic rings. The molecule has 2 rings (SSSR count). The number of sulfonamides is 1. The summed E-state index contributed by atoms with van der Waals surface area (Å²) in [5.74, 6) is 1.74. The summed E-state index contributed by atoms with van der Waals surface area (Å²) in [5.41, 5.74) is 1.77. The van der Waals surface area contributed by atoms with Crippen LogP contribution in [0, 0.1) is 6.92 Å². The molecule has 4 nitrogen and oxygen atoms in total. The van der Waals surface area contributed by atoms with Gasteiger partial charge in [-0.15, -0.1) is 0 Å². The van der Waals surface area contributed by atoms with E-state index in [1.807, 2.05) is 19.9 Å². The zero-order valence-corrected chi connectivity index (χ0v) is 15.6. The Morgan fingerprint density at radius 1 is 1.33 bits per heavy atom. The van der Waals surface area contributed by atoms with Gasteiger partial charge in [-0.3, -0.25) is 0 Å². The van der Waals surface area contributed by atoms with E-state index in [0.717, 1.165) is 33.7 Å². The Hall–Kier alpha value is -0.0800. The van der Waals surface area contributed by atoms with Gasteiger partial charge in [0, 0.05) is 35.6 Å². The van der Waals surface area contributed by atoms with Crippen LogP contribution in [0.4, 0.5) is 0 Å². The molecule has 21 heavy (non-hydrogen) atoms. The van der Waals surface area contributed by atoms with E-state index in [4.69, 9.17) is 0 Å². The lowest BCUT2D eigenvalue weighted by atomic mass is 10.1. The molecule has 0 amide bonds. The van der Waals surface area contributed by atoms with Crippen LogP contribution < -0.4 is 5.32 Å². The van der Waals surface area contributed by atoms with Gasteiger partial charge < -0.3 is 5.32 Å². The first-order valence-electron chi connectivity index (χ1n) is 7.04. The van der Waals surface area contributed by atoms with Crippen LogP contribution in [0.1, 0.15) is 18.1 Å². The Morgan fingerprint density at radius 2 is 2.00 bits per heavy atom. The molecule has 0 radical (unpaired) electrons. The molecule has 0 atom stereocenters. The Balaban J connectivity index is 2.38. The SMILES string of the molecule is CCNCc1cc(Br)c(C)c(S(=O)(=O)N2CCSCC2)c1. The summed E-state index contributed by atoms with van der Waals surface area (Å²) >= 11 is 5.30. The van der Waals surface area contributed by atoms with E-state index >= 15 is 0 Å². The fourth-order valence-electron chi connectivity index (χ4n) is 2.27. The topological polar surface area (TPSA) is 49.4 Å². The number of hydrogen-bond acceptors (Lipinski definition) is 4. The van der Waals surface area contributed by atoms with Crippen molar-refractivity contribution in [2.45, 2.75) is 25.3 Å².